The van der Waals surface area contributed by atoms with E-state index in [0.717, 1.165) is 18.6 Å². The summed E-state index contributed by atoms with van der Waals surface area (Å²) in [7, 11) is -4.48. The van der Waals surface area contributed by atoms with Crippen LogP contribution in [0.15, 0.2) is 29.2 Å². The van der Waals surface area contributed by atoms with E-state index in [-0.39, 0.29) is 57.5 Å². The number of rotatable bonds is 5. The van der Waals surface area contributed by atoms with Crippen LogP contribution in [0.5, 0.6) is 5.75 Å². The van der Waals surface area contributed by atoms with Crippen molar-refractivity contribution in [2.24, 2.45) is 11.3 Å². The van der Waals surface area contributed by atoms with E-state index in [1.807, 2.05) is 6.92 Å². The van der Waals surface area contributed by atoms with Crippen molar-refractivity contribution in [1.29, 1.82) is 0 Å². The molecule has 118 valence electrons. The summed E-state index contributed by atoms with van der Waals surface area (Å²) in [6, 6.07) is 4.86. The number of hydrogen-bond acceptors (Lipinski definition) is 5. The third kappa shape index (κ3) is 8.29. The molecular weight excluding hydrogens is 315 g/mol. The van der Waals surface area contributed by atoms with E-state index in [1.165, 1.54) is 12.1 Å². The predicted octanol–water partition coefficient (Wildman–Crippen LogP) is -0.0375. The average molecular weight is 336 g/mol. The molecule has 22 heavy (non-hydrogen) atoms. The zero-order valence-corrected chi connectivity index (χ0v) is 16.6. The van der Waals surface area contributed by atoms with Gasteiger partial charge in [0.25, 0.3) is 0 Å². The van der Waals surface area contributed by atoms with Crippen molar-refractivity contribution in [2.75, 3.05) is 0 Å². The zero-order chi connectivity index (χ0) is 16.3. The Morgan fingerprint density at radius 1 is 1.23 bits per heavy atom. The fraction of sp³-hybridized carbons (Fsp3) is 0.533. The fourth-order valence-electron chi connectivity index (χ4n) is 2.25. The Kier molecular flexibility index (Phi) is 8.30. The van der Waals surface area contributed by atoms with Gasteiger partial charge >= 0.3 is 35.5 Å². The molecule has 0 N–H and O–H groups in total. The van der Waals surface area contributed by atoms with Gasteiger partial charge in [0.05, 0.1) is 4.90 Å². The Labute approximate surface area is 154 Å². The van der Waals surface area contributed by atoms with E-state index >= 15 is 0 Å². The molecule has 0 aliphatic carbocycles. The maximum absolute atomic E-state index is 11.8. The number of esters is 1. The van der Waals surface area contributed by atoms with Crippen LogP contribution in [0.4, 0.5) is 0 Å². The van der Waals surface area contributed by atoms with Crippen LogP contribution in [-0.4, -0.2) is 18.9 Å². The van der Waals surface area contributed by atoms with Crippen LogP contribution in [0.1, 0.15) is 40.5 Å². The molecule has 0 unspecified atom stereocenters. The van der Waals surface area contributed by atoms with E-state index in [2.05, 4.69) is 20.8 Å². The van der Waals surface area contributed by atoms with Crippen LogP contribution in [0.2, 0.25) is 0 Å². The maximum Gasteiger partial charge on any atom is 1.00 e. The molecule has 0 bridgehead atoms. The Morgan fingerprint density at radius 3 is 2.14 bits per heavy atom. The van der Waals surface area contributed by atoms with Gasteiger partial charge in [0.1, 0.15) is 15.9 Å². The first-order valence-electron chi connectivity index (χ1n) is 6.74. The molecule has 0 aliphatic rings. The molecule has 0 heterocycles. The smallest absolute Gasteiger partial charge is 0.744 e. The molecule has 1 rings (SSSR count). The van der Waals surface area contributed by atoms with E-state index in [0.29, 0.717) is 6.42 Å². The van der Waals surface area contributed by atoms with Crippen molar-refractivity contribution >= 4 is 16.1 Å². The second-order valence-electron chi connectivity index (χ2n) is 6.47. The quantitative estimate of drug-likeness (QED) is 0.326. The summed E-state index contributed by atoms with van der Waals surface area (Å²) in [5.74, 6) is 0.0543. The first kappa shape index (κ1) is 21.6. The number of hydrogen-bond donors (Lipinski definition) is 0. The average Bonchev–Trinajstić information content (AvgIpc) is 2.25. The molecule has 0 spiro atoms. The second kappa shape index (κ2) is 8.45. The minimum Gasteiger partial charge on any atom is -0.744 e. The molecule has 0 amide bonds. The van der Waals surface area contributed by atoms with Crippen LogP contribution in [-0.2, 0) is 14.9 Å². The molecule has 0 fully saturated rings. The Bertz CT molecular complexity index is 587. The number of carbonyl (C=O) groups excluding carboxylic acids is 1. The van der Waals surface area contributed by atoms with Gasteiger partial charge in [-0.2, -0.15) is 0 Å². The van der Waals surface area contributed by atoms with E-state index < -0.39 is 10.1 Å². The molecule has 1 atom stereocenters. The van der Waals surface area contributed by atoms with Crippen molar-refractivity contribution < 1.29 is 52.1 Å². The van der Waals surface area contributed by atoms with Gasteiger partial charge in [-0.25, -0.2) is 8.42 Å². The van der Waals surface area contributed by atoms with E-state index in [4.69, 9.17) is 4.74 Å². The minimum atomic E-state index is -4.48. The Morgan fingerprint density at radius 2 is 1.73 bits per heavy atom. The van der Waals surface area contributed by atoms with Crippen molar-refractivity contribution in [1.82, 2.24) is 0 Å². The van der Waals surface area contributed by atoms with Gasteiger partial charge in [0.15, 0.2) is 0 Å². The van der Waals surface area contributed by atoms with Crippen molar-refractivity contribution in [3.8, 4) is 5.75 Å². The van der Waals surface area contributed by atoms with Crippen LogP contribution < -0.4 is 34.3 Å². The van der Waals surface area contributed by atoms with E-state index in [9.17, 15) is 17.8 Å². The van der Waals surface area contributed by atoms with Crippen LogP contribution >= 0.6 is 0 Å². The first-order valence-corrected chi connectivity index (χ1v) is 8.15. The van der Waals surface area contributed by atoms with Crippen LogP contribution in [0.3, 0.4) is 0 Å². The molecule has 0 saturated carbocycles. The predicted molar refractivity (Wildman–Crippen MR) is 77.9 cm³/mol. The topological polar surface area (TPSA) is 83.5 Å². The molecule has 1 aromatic carbocycles. The zero-order valence-electron chi connectivity index (χ0n) is 13.8. The molecule has 0 aliphatic heterocycles. The number of ether oxygens (including phenoxy) is 1. The maximum atomic E-state index is 11.8. The summed E-state index contributed by atoms with van der Waals surface area (Å²) in [4.78, 5) is 11.4. The van der Waals surface area contributed by atoms with Crippen molar-refractivity contribution in [3.05, 3.63) is 24.3 Å². The molecule has 0 saturated heterocycles. The minimum absolute atomic E-state index is 0. The summed E-state index contributed by atoms with van der Waals surface area (Å²) in [5, 5.41) is 0. The van der Waals surface area contributed by atoms with Gasteiger partial charge in [-0.1, -0.05) is 27.7 Å². The largest absolute Gasteiger partial charge is 1.00 e. The van der Waals surface area contributed by atoms with Gasteiger partial charge in [-0.3, -0.25) is 4.79 Å². The normalized spacial score (nSPS) is 13.1. The SMILES string of the molecule is C[C@H](CC(=O)Oc1ccc(S(=O)(=O)[O-])cc1)CC(C)(C)C.[Na+]. The van der Waals surface area contributed by atoms with Gasteiger partial charge in [0, 0.05) is 6.42 Å². The summed E-state index contributed by atoms with van der Waals surface area (Å²) in [6.07, 6.45) is 1.19. The standard InChI is InChI=1S/C15H22O5S.Na/c1-11(10-15(2,3)4)9-14(16)20-12-5-7-13(8-6-12)21(17,18)19;/h5-8,11H,9-10H2,1-4H3,(H,17,18,19);/q;+1/p-1/t11-;/m1./s1. The molecule has 7 heteroatoms. The van der Waals surface area contributed by atoms with Crippen molar-refractivity contribution in [2.45, 2.75) is 45.4 Å². The Balaban J connectivity index is 0.00000441. The summed E-state index contributed by atoms with van der Waals surface area (Å²) in [5.41, 5.74) is 0.143. The number of carbonyl (C=O) groups is 1. The molecule has 1 aromatic rings. The van der Waals surface area contributed by atoms with Gasteiger partial charge in [0.2, 0.25) is 0 Å². The van der Waals surface area contributed by atoms with Crippen molar-refractivity contribution in [3.63, 3.8) is 0 Å². The molecule has 5 nitrogen and oxygen atoms in total. The number of benzene rings is 1. The first-order chi connectivity index (χ1) is 9.47. The summed E-state index contributed by atoms with van der Waals surface area (Å²) < 4.78 is 37.5. The monoisotopic (exact) mass is 336 g/mol. The third-order valence-electron chi connectivity index (χ3n) is 2.82. The van der Waals surface area contributed by atoms with Gasteiger partial charge in [-0.05, 0) is 42.0 Å². The fourth-order valence-corrected chi connectivity index (χ4v) is 2.72. The third-order valence-corrected chi connectivity index (χ3v) is 3.67. The second-order valence-corrected chi connectivity index (χ2v) is 7.85. The summed E-state index contributed by atoms with van der Waals surface area (Å²) >= 11 is 0. The van der Waals surface area contributed by atoms with Gasteiger partial charge < -0.3 is 9.29 Å². The summed E-state index contributed by atoms with van der Waals surface area (Å²) in [6.45, 7) is 8.31. The van der Waals surface area contributed by atoms with E-state index in [1.54, 1.807) is 0 Å². The molecular formula is C15H21NaO5S. The van der Waals surface area contributed by atoms with Crippen LogP contribution in [0.25, 0.3) is 0 Å². The van der Waals surface area contributed by atoms with Gasteiger partial charge in [-0.15, -0.1) is 0 Å². The molecule has 0 aromatic heterocycles. The Hall–Kier alpha value is -0.400. The van der Waals surface area contributed by atoms with Crippen LogP contribution in [0, 0.1) is 11.3 Å². The molecule has 0 radical (unpaired) electrons.